The first kappa shape index (κ1) is 45.2. The van der Waals surface area contributed by atoms with Crippen molar-refractivity contribution in [3.63, 3.8) is 0 Å². The van der Waals surface area contributed by atoms with Crippen LogP contribution in [0.25, 0.3) is 0 Å². The lowest BCUT2D eigenvalue weighted by Gasteiger charge is -2.49. The van der Waals surface area contributed by atoms with Gasteiger partial charge in [0.05, 0.1) is 13.2 Å². The SMILES string of the molecule is CC(=O)NC(=O)O[C@@H]1[C@H](OC(C)=O)[C@@H](O[C@@H]2[C@@H](OC(C)=O)O[C@@H](COC(C)=O)[C@@H](OCc3ccccc3)[C@@H]2OCc2ccccc2)O[C@H](COC(C)=O)[C@H]1OC(C)=O. The van der Waals surface area contributed by atoms with Gasteiger partial charge in [-0.25, -0.2) is 4.79 Å². The van der Waals surface area contributed by atoms with Crippen molar-refractivity contribution in [2.75, 3.05) is 13.2 Å². The van der Waals surface area contributed by atoms with Gasteiger partial charge in [-0.05, 0) is 11.1 Å². The molecule has 2 fully saturated rings. The number of carbonyl (C=O) groups is 7. The number of benzene rings is 2. The number of nitrogens with one attached hydrogen (secondary N) is 1. The zero-order chi connectivity index (χ0) is 42.4. The molecule has 2 aromatic rings. The van der Waals surface area contributed by atoms with Crippen LogP contribution in [-0.2, 0) is 94.1 Å². The maximum Gasteiger partial charge on any atom is 0.414 e. The minimum atomic E-state index is -1.83. The maximum atomic E-state index is 12.9. The van der Waals surface area contributed by atoms with Crippen molar-refractivity contribution in [1.82, 2.24) is 5.32 Å². The molecule has 0 unspecified atom stereocenters. The zero-order valence-corrected chi connectivity index (χ0v) is 32.7. The summed E-state index contributed by atoms with van der Waals surface area (Å²) in [6, 6.07) is 18.0. The first-order chi connectivity index (χ1) is 27.6. The van der Waals surface area contributed by atoms with Gasteiger partial charge in [0.1, 0.15) is 37.6 Å². The van der Waals surface area contributed by atoms with Crippen molar-refractivity contribution < 1.29 is 85.7 Å². The normalized spacial score (nSPS) is 26.6. The summed E-state index contributed by atoms with van der Waals surface area (Å²) in [7, 11) is 0. The molecule has 1 N–H and O–H groups in total. The fraction of sp³-hybridized carbons (Fsp3) is 0.513. The molecule has 2 heterocycles. The molecule has 2 aromatic carbocycles. The summed E-state index contributed by atoms with van der Waals surface area (Å²) < 4.78 is 64.6. The van der Waals surface area contributed by atoms with Gasteiger partial charge >= 0.3 is 35.9 Å². The van der Waals surface area contributed by atoms with Crippen LogP contribution in [0.5, 0.6) is 0 Å². The van der Waals surface area contributed by atoms with Gasteiger partial charge in [0.2, 0.25) is 12.2 Å². The summed E-state index contributed by atoms with van der Waals surface area (Å²) in [6.07, 6.45) is -16.6. The number of imide groups is 1. The Morgan fingerprint density at radius 2 is 0.966 bits per heavy atom. The predicted octanol–water partition coefficient (Wildman–Crippen LogP) is 2.19. The number of esters is 5. The van der Waals surface area contributed by atoms with Crippen LogP contribution in [0.3, 0.4) is 0 Å². The van der Waals surface area contributed by atoms with Crippen molar-refractivity contribution in [2.45, 2.75) is 116 Å². The molecule has 2 aliphatic rings. The van der Waals surface area contributed by atoms with E-state index in [1.807, 2.05) is 29.6 Å². The van der Waals surface area contributed by atoms with E-state index in [2.05, 4.69) is 0 Å². The van der Waals surface area contributed by atoms with Crippen molar-refractivity contribution in [2.24, 2.45) is 0 Å². The summed E-state index contributed by atoms with van der Waals surface area (Å²) in [5.74, 6) is -4.90. The molecule has 0 bridgehead atoms. The Labute approximate surface area is 333 Å². The molecule has 316 valence electrons. The highest BCUT2D eigenvalue weighted by Crippen LogP contribution is 2.36. The Kier molecular flexibility index (Phi) is 17.1. The summed E-state index contributed by atoms with van der Waals surface area (Å²) in [5.41, 5.74) is 1.45. The molecule has 19 nitrogen and oxygen atoms in total. The number of hydrogen-bond acceptors (Lipinski definition) is 18. The maximum absolute atomic E-state index is 12.9. The molecule has 2 amide bonds. The standard InChI is InChI=1S/C39H47NO18/c1-21(41)40-39(47)58-34-32(52-24(4)44)30(20-49-23(3)43)56-38(36(34)53-25(5)45)57-35-33(51-18-28-15-11-8-12-16-28)31(50-17-27-13-9-7-10-14-27)29(19-48-22(2)42)55-37(35)54-26(6)46/h7-16,29-38H,17-20H2,1-6H3,(H,40,41,47)/t29-,30+,31+,32+,33-,34-,35-,36-,37-,38+/m0/s1. The third-order valence-corrected chi connectivity index (χ3v) is 8.35. The number of hydrogen-bond donors (Lipinski definition) is 1. The Hall–Kier alpha value is -5.47. The topological polar surface area (TPSA) is 233 Å². The monoisotopic (exact) mass is 817 g/mol. The van der Waals surface area contributed by atoms with E-state index in [9.17, 15) is 33.6 Å². The second kappa shape index (κ2) is 21.9. The Balaban J connectivity index is 1.85. The van der Waals surface area contributed by atoms with Gasteiger partial charge in [-0.2, -0.15) is 0 Å². The van der Waals surface area contributed by atoms with Crippen molar-refractivity contribution >= 4 is 41.8 Å². The highest BCUT2D eigenvalue weighted by atomic mass is 16.8. The molecule has 19 heteroatoms. The third-order valence-electron chi connectivity index (χ3n) is 8.35. The first-order valence-corrected chi connectivity index (χ1v) is 18.1. The van der Waals surface area contributed by atoms with Crippen LogP contribution in [-0.4, -0.2) is 116 Å². The average Bonchev–Trinajstić information content (AvgIpc) is 3.14. The second-order valence-corrected chi connectivity index (χ2v) is 13.1. The molecule has 4 rings (SSSR count). The van der Waals surface area contributed by atoms with Crippen LogP contribution in [0.2, 0.25) is 0 Å². The number of amides is 2. The molecular formula is C39H47NO18. The predicted molar refractivity (Wildman–Crippen MR) is 192 cm³/mol. The lowest BCUT2D eigenvalue weighted by molar-refractivity contribution is -0.369. The van der Waals surface area contributed by atoms with Crippen LogP contribution in [0, 0.1) is 0 Å². The molecule has 0 saturated carbocycles. The van der Waals surface area contributed by atoms with Gasteiger partial charge in [-0.3, -0.25) is 34.1 Å². The van der Waals surface area contributed by atoms with Gasteiger partial charge in [0, 0.05) is 41.5 Å². The van der Waals surface area contributed by atoms with E-state index >= 15 is 0 Å². The van der Waals surface area contributed by atoms with E-state index in [-0.39, 0.29) is 19.8 Å². The molecule has 0 aromatic heterocycles. The molecule has 58 heavy (non-hydrogen) atoms. The Morgan fingerprint density at radius 3 is 1.45 bits per heavy atom. The van der Waals surface area contributed by atoms with E-state index in [4.69, 9.17) is 52.1 Å². The second-order valence-electron chi connectivity index (χ2n) is 13.1. The van der Waals surface area contributed by atoms with E-state index in [0.29, 0.717) is 5.56 Å². The molecule has 0 aliphatic carbocycles. The minimum absolute atomic E-state index is 0.00666. The van der Waals surface area contributed by atoms with Crippen molar-refractivity contribution in [3.8, 4) is 0 Å². The van der Waals surface area contributed by atoms with Crippen LogP contribution >= 0.6 is 0 Å². The summed E-state index contributed by atoms with van der Waals surface area (Å²) in [5, 5.41) is 1.93. The van der Waals surface area contributed by atoms with Crippen LogP contribution in [0.15, 0.2) is 60.7 Å². The van der Waals surface area contributed by atoms with Crippen molar-refractivity contribution in [1.29, 1.82) is 0 Å². The van der Waals surface area contributed by atoms with E-state index in [0.717, 1.165) is 40.2 Å². The number of rotatable bonds is 16. The van der Waals surface area contributed by atoms with Gasteiger partial charge < -0.3 is 52.1 Å². The van der Waals surface area contributed by atoms with Gasteiger partial charge in [0.15, 0.2) is 30.7 Å². The van der Waals surface area contributed by atoms with E-state index in [1.165, 1.54) is 6.92 Å². The Morgan fingerprint density at radius 1 is 0.500 bits per heavy atom. The smallest absolute Gasteiger partial charge is 0.414 e. The van der Waals surface area contributed by atoms with Crippen molar-refractivity contribution in [3.05, 3.63) is 71.8 Å². The zero-order valence-electron chi connectivity index (χ0n) is 32.7. The van der Waals surface area contributed by atoms with Gasteiger partial charge in [-0.1, -0.05) is 60.7 Å². The summed E-state index contributed by atoms with van der Waals surface area (Å²) in [4.78, 5) is 86.3. The third kappa shape index (κ3) is 13.9. The molecule has 10 atom stereocenters. The minimum Gasteiger partial charge on any atom is -0.463 e. The molecule has 0 radical (unpaired) electrons. The van der Waals surface area contributed by atoms with Crippen LogP contribution in [0.1, 0.15) is 52.7 Å². The first-order valence-electron chi connectivity index (χ1n) is 18.1. The number of carbonyl (C=O) groups excluding carboxylic acids is 7. The van der Waals surface area contributed by atoms with Crippen LogP contribution in [0.4, 0.5) is 4.79 Å². The number of alkyl carbamates (subject to hydrolysis) is 1. The molecule has 2 saturated heterocycles. The molecule has 2 aliphatic heterocycles. The van der Waals surface area contributed by atoms with E-state index in [1.54, 1.807) is 36.4 Å². The fourth-order valence-corrected chi connectivity index (χ4v) is 6.10. The van der Waals surface area contributed by atoms with Crippen LogP contribution < -0.4 is 5.32 Å². The Bertz CT molecular complexity index is 1720. The highest BCUT2D eigenvalue weighted by molar-refractivity contribution is 5.90. The lowest BCUT2D eigenvalue weighted by atomic mass is 9.96. The largest absolute Gasteiger partial charge is 0.463 e. The number of ether oxygens (including phenoxy) is 11. The lowest BCUT2D eigenvalue weighted by Crippen LogP contribution is -2.67. The molecular weight excluding hydrogens is 770 g/mol. The average molecular weight is 818 g/mol. The molecule has 0 spiro atoms. The fourth-order valence-electron chi connectivity index (χ4n) is 6.10. The quantitative estimate of drug-likeness (QED) is 0.189. The summed E-state index contributed by atoms with van der Waals surface area (Å²) >= 11 is 0. The summed E-state index contributed by atoms with van der Waals surface area (Å²) in [6.45, 7) is 5.45. The van der Waals surface area contributed by atoms with E-state index < -0.39 is 110 Å². The van der Waals surface area contributed by atoms with Gasteiger partial charge in [-0.15, -0.1) is 0 Å². The highest BCUT2D eigenvalue weighted by Gasteiger charge is 2.57. The van der Waals surface area contributed by atoms with Gasteiger partial charge in [0.25, 0.3) is 0 Å².